The Morgan fingerprint density at radius 1 is 0.456 bits per heavy atom. The summed E-state index contributed by atoms with van der Waals surface area (Å²) in [6.45, 7) is 20.4. The molecule has 14 aromatic rings. The Hall–Kier alpha value is -6.71. The molecule has 30 heteroatoms. The third-order valence-corrected chi connectivity index (χ3v) is 28.3. The lowest BCUT2D eigenvalue weighted by atomic mass is 10.0. The smallest absolute Gasteiger partial charge is 0.379 e. The molecule has 114 heavy (non-hydrogen) atoms. The minimum atomic E-state index is -1.24. The Morgan fingerprint density at radius 3 is 1.33 bits per heavy atom. The zero-order valence-electron chi connectivity index (χ0n) is 62.0. The lowest BCUT2D eigenvalue weighted by molar-refractivity contribution is -0.137. The van der Waals surface area contributed by atoms with Gasteiger partial charge in [0.05, 0.1) is 43.5 Å². The second-order valence-corrected chi connectivity index (χ2v) is 36.5. The van der Waals surface area contributed by atoms with E-state index in [0.717, 1.165) is 75.0 Å². The summed E-state index contributed by atoms with van der Waals surface area (Å²) in [5.41, 5.74) is 8.30. The van der Waals surface area contributed by atoms with E-state index < -0.39 is 41.1 Å². The van der Waals surface area contributed by atoms with Gasteiger partial charge in [0, 0.05) is 77.4 Å². The van der Waals surface area contributed by atoms with E-state index in [9.17, 15) is 51.1 Å². The number of halogens is 13. The average Bonchev–Trinajstić information content (AvgIpc) is 1.62. The van der Waals surface area contributed by atoms with Gasteiger partial charge in [-0.3, -0.25) is 19.2 Å². The van der Waals surface area contributed by atoms with Gasteiger partial charge in [0.1, 0.15) is 23.3 Å². The molecule has 0 aliphatic rings. The van der Waals surface area contributed by atoms with E-state index in [1.807, 2.05) is 49.4 Å². The Balaban J connectivity index is 0.000000201. The number of hydrogen-bond donors (Lipinski definition) is 3. The van der Waals surface area contributed by atoms with Gasteiger partial charge in [-0.1, -0.05) is 158 Å². The molecule has 0 aliphatic heterocycles. The van der Waals surface area contributed by atoms with Gasteiger partial charge >= 0.3 is 17.9 Å². The second-order valence-electron chi connectivity index (χ2n) is 24.1. The zero-order valence-corrected chi connectivity index (χ0v) is 78.7. The number of fused-ring (bicyclic) bond motifs is 5. The minimum Gasteiger partial charge on any atom is -0.478 e. The van der Waals surface area contributed by atoms with Crippen molar-refractivity contribution < 1.29 is 75.9 Å². The fraction of sp³-hybridized carbons (Fsp3) is 0.155. The summed E-state index contributed by atoms with van der Waals surface area (Å²) in [7, 11) is 0. The van der Waals surface area contributed by atoms with Crippen LogP contribution in [-0.2, 0) is 20.9 Å². The molecule has 14 rings (SSSR count). The van der Waals surface area contributed by atoms with E-state index in [4.69, 9.17) is 48.0 Å². The van der Waals surface area contributed by atoms with Crippen LogP contribution in [0, 0.1) is 85.6 Å². The fourth-order valence-corrected chi connectivity index (χ4v) is 18.0. The molecule has 0 radical (unpaired) electrons. The predicted molar refractivity (Wildman–Crippen MR) is 484 cm³/mol. The van der Waals surface area contributed by atoms with Crippen LogP contribution >= 0.6 is 191 Å². The molecule has 9 aromatic carbocycles. The molecule has 0 aliphatic carbocycles. The SMILES string of the molecule is CC(=O)c1cc2c(C)c(Br)ccc2s1.CCOC(=O)C(=O)c1ccc2sc(Cl)cc2c1C.Cc1c(Br)ccc(F)c1C(=O)O.Cc1c(Br)ccc(F)c1C=O.Cc1c(Br)ccc(F)c1CO.Cc1c(Br)ccc2sc(Cl)cc12.Cc1c(Br)ccc2sc(OC=O)cc12.Cc1c(Br)ccc2sccc12.Cc1cccc(F)c1C(=O)O. The first-order valence-corrected chi connectivity index (χ1v) is 43.7. The highest BCUT2D eigenvalue weighted by Gasteiger charge is 2.22. The van der Waals surface area contributed by atoms with E-state index in [1.165, 1.54) is 104 Å². The first-order chi connectivity index (χ1) is 53.8. The van der Waals surface area contributed by atoms with E-state index in [1.54, 1.807) is 119 Å². The Bertz CT molecular complexity index is 5880. The van der Waals surface area contributed by atoms with E-state index in [2.05, 4.69) is 168 Å². The largest absolute Gasteiger partial charge is 0.478 e. The molecule has 0 bridgehead atoms. The Kier molecular flexibility index (Phi) is 38.2. The highest BCUT2D eigenvalue weighted by Crippen LogP contribution is 2.39. The quantitative estimate of drug-likeness (QED) is 0.0385. The molecule has 5 aromatic heterocycles. The molecule has 0 saturated carbocycles. The van der Waals surface area contributed by atoms with Crippen molar-refractivity contribution >= 4 is 284 Å². The number of carboxylic acid groups (broad SMARTS) is 2. The molecule has 0 saturated heterocycles. The average molecular weight is 2140 g/mol. The van der Waals surface area contributed by atoms with Crippen LogP contribution in [0.25, 0.3) is 50.4 Å². The van der Waals surface area contributed by atoms with Crippen molar-refractivity contribution in [1.82, 2.24) is 0 Å². The van der Waals surface area contributed by atoms with Crippen molar-refractivity contribution in [2.45, 2.75) is 82.8 Å². The normalized spacial score (nSPS) is 10.4. The van der Waals surface area contributed by atoms with Crippen LogP contribution in [0.3, 0.4) is 0 Å². The first-order valence-electron chi connectivity index (χ1n) is 33.3. The summed E-state index contributed by atoms with van der Waals surface area (Å²) in [6, 6.07) is 42.4. The van der Waals surface area contributed by atoms with Gasteiger partial charge in [-0.25, -0.2) is 31.9 Å². The molecule has 12 nitrogen and oxygen atoms in total. The number of ketones is 2. The molecule has 5 heterocycles. The number of aliphatic hydroxyl groups excluding tert-OH is 1. The number of carbonyl (C=O) groups is 7. The summed E-state index contributed by atoms with van der Waals surface area (Å²) in [6.07, 6.45) is 0.523. The molecule has 0 atom stereocenters. The number of carbonyl (C=O) groups excluding carboxylic acids is 5. The number of thiophene rings is 5. The number of hydrogen-bond acceptors (Lipinski definition) is 15. The molecule has 0 fully saturated rings. The van der Waals surface area contributed by atoms with Gasteiger partial charge < -0.3 is 24.8 Å². The van der Waals surface area contributed by atoms with Crippen molar-refractivity contribution in [3.8, 4) is 5.06 Å². The first kappa shape index (κ1) is 96.1. The second kappa shape index (κ2) is 45.3. The fourth-order valence-electron chi connectivity index (χ4n) is 10.4. The standard InChI is InChI=1S/C13H11ClO3S.C11H9BrOS.C10H7BrO2S.C9H6BrClS.C9H7BrS.C8H6BrFO2.C8H8BrFO.C8H6BrFO.C8H7FO2/c1-3-17-13(16)12(15)8-4-5-10-9(7(8)2)6-11(14)18-10;1-6-8-5-11(7(2)13)14-10(8)4-3-9(6)12;1-6-7-4-10(13-5-12)14-9(7)3-2-8(6)11;1-5-6-4-9(11)12-8(6)3-2-7(5)10;1-6-7-4-5-11-9(7)3-2-8(6)10;1-4-5(9)2-3-6(10)7(4)8(11)12;2*1-5-6(4-11)8(10)3-2-7(5)9;1-5-3-2-4-6(9)7(5)8(10)11/h4-6H,3H2,1-2H3;3-5H,1-2H3;2-5H,1H3;2-4H,1H3;2-5H,1H3;2-3H,1H3,(H,11,12);2-3,11H,4H2,1H3;2-4H,1H3;2-4H,1H3,(H,10,11). The molecular formula is C84H67Br7Cl2F4O12S5. The van der Waals surface area contributed by atoms with Crippen LogP contribution < -0.4 is 4.74 Å². The summed E-state index contributed by atoms with van der Waals surface area (Å²) in [5.74, 6) is -5.97. The number of rotatable bonds is 10. The van der Waals surface area contributed by atoms with Crippen LogP contribution in [0.4, 0.5) is 17.6 Å². The number of carboxylic acids is 2. The molecular weight excluding hydrogens is 2070 g/mol. The third-order valence-electron chi connectivity index (χ3n) is 16.8. The molecule has 3 N–H and O–H groups in total. The number of aliphatic hydroxyl groups is 1. The van der Waals surface area contributed by atoms with E-state index in [-0.39, 0.29) is 41.5 Å². The molecule has 0 amide bonds. The van der Waals surface area contributed by atoms with Crippen molar-refractivity contribution in [3.63, 3.8) is 0 Å². The topological polar surface area (TPSA) is 199 Å². The summed E-state index contributed by atoms with van der Waals surface area (Å²) >= 11 is 43.2. The maximum Gasteiger partial charge on any atom is 0.379 e. The lowest BCUT2D eigenvalue weighted by Crippen LogP contribution is -2.18. The third kappa shape index (κ3) is 25.7. The number of aryl methyl sites for hydroxylation is 6. The van der Waals surface area contributed by atoms with Crippen LogP contribution in [-0.4, -0.2) is 64.2 Å². The maximum atomic E-state index is 12.9. The van der Waals surface area contributed by atoms with Gasteiger partial charge in [-0.15, -0.1) is 45.3 Å². The van der Waals surface area contributed by atoms with Crippen molar-refractivity contribution in [1.29, 1.82) is 0 Å². The van der Waals surface area contributed by atoms with Crippen molar-refractivity contribution in [2.24, 2.45) is 0 Å². The Morgan fingerprint density at radius 2 is 0.877 bits per heavy atom. The summed E-state index contributed by atoms with van der Waals surface area (Å²) in [4.78, 5) is 76.8. The van der Waals surface area contributed by atoms with Crippen LogP contribution in [0.1, 0.15) is 121 Å². The van der Waals surface area contributed by atoms with Crippen LogP contribution in [0.2, 0.25) is 8.67 Å². The molecule has 0 unspecified atom stereocenters. The van der Waals surface area contributed by atoms with Crippen molar-refractivity contribution in [3.05, 3.63) is 297 Å². The number of Topliss-reactive ketones (excluding diaryl/α,β-unsaturated/α-hetero) is 2. The monoisotopic (exact) mass is 2130 g/mol. The maximum absolute atomic E-state index is 12.9. The summed E-state index contributed by atoms with van der Waals surface area (Å²) < 4.78 is 74.9. The highest BCUT2D eigenvalue weighted by molar-refractivity contribution is 9.11. The van der Waals surface area contributed by atoms with E-state index >= 15 is 0 Å². The molecule has 596 valence electrons. The van der Waals surface area contributed by atoms with Gasteiger partial charge in [-0.05, 0) is 281 Å². The predicted octanol–water partition coefficient (Wildman–Crippen LogP) is 29.4. The van der Waals surface area contributed by atoms with Crippen molar-refractivity contribution in [2.75, 3.05) is 6.61 Å². The van der Waals surface area contributed by atoms with E-state index in [0.29, 0.717) is 54.4 Å². The highest BCUT2D eigenvalue weighted by atomic mass is 79.9. The summed E-state index contributed by atoms with van der Waals surface area (Å²) in [5, 5.41) is 34.5. The van der Waals surface area contributed by atoms with Gasteiger partial charge in [0.25, 0.3) is 12.3 Å². The molecule has 0 spiro atoms. The number of ether oxygens (including phenoxy) is 2. The number of aldehydes is 1. The lowest BCUT2D eigenvalue weighted by Gasteiger charge is -2.05. The van der Waals surface area contributed by atoms with Crippen LogP contribution in [0.5, 0.6) is 5.06 Å². The van der Waals surface area contributed by atoms with Gasteiger partial charge in [0.15, 0.2) is 17.1 Å². The number of benzene rings is 9. The van der Waals surface area contributed by atoms with Gasteiger partial charge in [-0.2, -0.15) is 0 Å². The number of esters is 1. The minimum absolute atomic E-state index is 0.124. The number of aromatic carboxylic acids is 2. The van der Waals surface area contributed by atoms with Crippen LogP contribution in [0.15, 0.2) is 182 Å². The zero-order chi connectivity index (χ0) is 84.9. The Labute approximate surface area is 743 Å². The van der Waals surface area contributed by atoms with Gasteiger partial charge in [0.2, 0.25) is 0 Å².